The van der Waals surface area contributed by atoms with Crippen LogP contribution in [0.3, 0.4) is 0 Å². The molecule has 8 nitrogen and oxygen atoms in total. The fourth-order valence-electron chi connectivity index (χ4n) is 5.20. The number of ether oxygens (including phenoxy) is 1. The second-order valence-electron chi connectivity index (χ2n) is 9.85. The number of methoxy groups -OCH3 is 1. The zero-order chi connectivity index (χ0) is 26.5. The van der Waals surface area contributed by atoms with Crippen LogP contribution in [0.5, 0.6) is 5.75 Å². The number of aryl methyl sites for hydroxylation is 1. The van der Waals surface area contributed by atoms with E-state index in [1.807, 2.05) is 79.7 Å². The Balaban J connectivity index is 1.53. The summed E-state index contributed by atoms with van der Waals surface area (Å²) in [7, 11) is 1.62. The minimum Gasteiger partial charge on any atom is -0.497 e. The molecule has 3 aromatic carbocycles. The molecule has 1 aromatic heterocycles. The van der Waals surface area contributed by atoms with Gasteiger partial charge in [0.15, 0.2) is 0 Å². The minimum atomic E-state index is -0.791. The van der Waals surface area contributed by atoms with Crippen molar-refractivity contribution in [3.8, 4) is 5.75 Å². The summed E-state index contributed by atoms with van der Waals surface area (Å²) < 4.78 is 6.91. The van der Waals surface area contributed by atoms with Crippen LogP contribution in [0.15, 0.2) is 72.8 Å². The number of amides is 2. The lowest BCUT2D eigenvalue weighted by Gasteiger charge is -2.33. The number of carbonyl (C=O) groups is 2. The predicted molar refractivity (Wildman–Crippen MR) is 145 cm³/mol. The highest BCUT2D eigenvalue weighted by Gasteiger charge is 2.34. The molecular weight excluding hydrogens is 478 g/mol. The monoisotopic (exact) mass is 511 g/mol. The van der Waals surface area contributed by atoms with Crippen LogP contribution in [-0.2, 0) is 22.7 Å². The summed E-state index contributed by atoms with van der Waals surface area (Å²) in [4.78, 5) is 29.7. The van der Waals surface area contributed by atoms with Gasteiger partial charge < -0.3 is 15.0 Å². The lowest BCUT2D eigenvalue weighted by atomic mass is 9.97. The van der Waals surface area contributed by atoms with E-state index >= 15 is 0 Å². The van der Waals surface area contributed by atoms with E-state index in [1.54, 1.807) is 16.7 Å². The summed E-state index contributed by atoms with van der Waals surface area (Å²) in [6.07, 6.45) is 4.13. The van der Waals surface area contributed by atoms with Gasteiger partial charge in [-0.3, -0.25) is 9.59 Å². The van der Waals surface area contributed by atoms with Crippen molar-refractivity contribution in [2.24, 2.45) is 0 Å². The van der Waals surface area contributed by atoms with Gasteiger partial charge in [0.1, 0.15) is 23.9 Å². The maximum Gasteiger partial charge on any atom is 0.247 e. The maximum absolute atomic E-state index is 14.1. The third-order valence-corrected chi connectivity index (χ3v) is 7.28. The molecule has 38 heavy (non-hydrogen) atoms. The average molecular weight is 512 g/mol. The molecule has 196 valence electrons. The summed E-state index contributed by atoms with van der Waals surface area (Å²) in [5.41, 5.74) is 4.16. The van der Waals surface area contributed by atoms with Crippen LogP contribution in [0.1, 0.15) is 48.4 Å². The van der Waals surface area contributed by atoms with E-state index in [0.29, 0.717) is 0 Å². The normalized spacial score (nSPS) is 14.4. The van der Waals surface area contributed by atoms with E-state index in [4.69, 9.17) is 4.74 Å². The van der Waals surface area contributed by atoms with Crippen molar-refractivity contribution in [3.63, 3.8) is 0 Å². The molecule has 0 bridgehead atoms. The Kier molecular flexibility index (Phi) is 7.67. The molecule has 5 rings (SSSR count). The topological polar surface area (TPSA) is 89.3 Å². The summed E-state index contributed by atoms with van der Waals surface area (Å²) in [5.74, 6) is 0.359. The lowest BCUT2D eigenvalue weighted by Crippen LogP contribution is -2.47. The largest absolute Gasteiger partial charge is 0.497 e. The van der Waals surface area contributed by atoms with Crippen molar-refractivity contribution in [1.29, 1.82) is 0 Å². The molecule has 0 unspecified atom stereocenters. The quantitative estimate of drug-likeness (QED) is 0.355. The lowest BCUT2D eigenvalue weighted by molar-refractivity contribution is -0.142. The summed E-state index contributed by atoms with van der Waals surface area (Å²) in [6.45, 7) is 2.20. The molecule has 2 amide bonds. The fourth-order valence-corrected chi connectivity index (χ4v) is 5.20. The number of nitrogens with one attached hydrogen (secondary N) is 1. The number of aromatic nitrogens is 3. The van der Waals surface area contributed by atoms with E-state index in [-0.39, 0.29) is 30.9 Å². The summed E-state index contributed by atoms with van der Waals surface area (Å²) in [5, 5.41) is 11.7. The molecule has 0 saturated heterocycles. The highest BCUT2D eigenvalue weighted by Crippen LogP contribution is 2.29. The number of para-hydroxylation sites is 1. The third kappa shape index (κ3) is 5.54. The van der Waals surface area contributed by atoms with Gasteiger partial charge in [-0.25, -0.2) is 4.68 Å². The first kappa shape index (κ1) is 25.4. The summed E-state index contributed by atoms with van der Waals surface area (Å²) >= 11 is 0. The van der Waals surface area contributed by atoms with Crippen molar-refractivity contribution in [2.75, 3.05) is 7.11 Å². The number of nitrogens with zero attached hydrogens (tertiary/aromatic N) is 4. The molecule has 1 fully saturated rings. The summed E-state index contributed by atoms with van der Waals surface area (Å²) in [6, 6.07) is 22.2. The van der Waals surface area contributed by atoms with Gasteiger partial charge in [0.2, 0.25) is 11.8 Å². The molecule has 1 N–H and O–H groups in total. The average Bonchev–Trinajstić information content (AvgIpc) is 3.60. The van der Waals surface area contributed by atoms with E-state index in [1.165, 1.54) is 0 Å². The molecule has 8 heteroatoms. The van der Waals surface area contributed by atoms with Crippen LogP contribution in [0.25, 0.3) is 11.0 Å². The predicted octanol–water partition coefficient (Wildman–Crippen LogP) is 4.58. The molecule has 1 aliphatic carbocycles. The van der Waals surface area contributed by atoms with Gasteiger partial charge in [0.05, 0.1) is 12.6 Å². The Labute approximate surface area is 222 Å². The van der Waals surface area contributed by atoms with E-state index in [9.17, 15) is 9.59 Å². The SMILES string of the molecule is COc1ccc(CN(C(=O)Cn2nnc3ccccc32)[C@H](C(=O)NC2CCCC2)c2ccccc2C)cc1. The van der Waals surface area contributed by atoms with Crippen LogP contribution in [-0.4, -0.2) is 44.9 Å². The molecule has 1 atom stereocenters. The van der Waals surface area contributed by atoms with Crippen LogP contribution in [0, 0.1) is 6.92 Å². The van der Waals surface area contributed by atoms with Crippen molar-refractivity contribution >= 4 is 22.8 Å². The second kappa shape index (κ2) is 11.5. The van der Waals surface area contributed by atoms with Gasteiger partial charge in [0.25, 0.3) is 0 Å². The van der Waals surface area contributed by atoms with Crippen molar-refractivity contribution in [1.82, 2.24) is 25.2 Å². The first-order valence-electron chi connectivity index (χ1n) is 13.1. The van der Waals surface area contributed by atoms with Crippen LogP contribution in [0.2, 0.25) is 0 Å². The first-order valence-corrected chi connectivity index (χ1v) is 13.1. The van der Waals surface area contributed by atoms with Gasteiger partial charge >= 0.3 is 0 Å². The molecule has 0 aliphatic heterocycles. The molecule has 0 radical (unpaired) electrons. The Morgan fingerprint density at radius 3 is 2.47 bits per heavy atom. The zero-order valence-electron chi connectivity index (χ0n) is 21.8. The zero-order valence-corrected chi connectivity index (χ0v) is 21.8. The number of benzene rings is 3. The van der Waals surface area contributed by atoms with Crippen LogP contribution < -0.4 is 10.1 Å². The van der Waals surface area contributed by atoms with Gasteiger partial charge in [-0.2, -0.15) is 0 Å². The number of fused-ring (bicyclic) bond motifs is 1. The Morgan fingerprint density at radius 1 is 1.03 bits per heavy atom. The number of carbonyl (C=O) groups excluding carboxylic acids is 2. The smallest absolute Gasteiger partial charge is 0.247 e. The Bertz CT molecular complexity index is 1410. The number of rotatable bonds is 9. The van der Waals surface area contributed by atoms with E-state index in [2.05, 4.69) is 15.6 Å². The number of hydrogen-bond acceptors (Lipinski definition) is 5. The van der Waals surface area contributed by atoms with Gasteiger partial charge in [-0.1, -0.05) is 66.6 Å². The Morgan fingerprint density at radius 2 is 1.74 bits per heavy atom. The maximum atomic E-state index is 14.1. The van der Waals surface area contributed by atoms with E-state index < -0.39 is 6.04 Å². The molecule has 1 aliphatic rings. The fraction of sp³-hybridized carbons (Fsp3) is 0.333. The van der Waals surface area contributed by atoms with E-state index in [0.717, 1.165) is 59.2 Å². The molecule has 4 aromatic rings. The van der Waals surface area contributed by atoms with Gasteiger partial charge in [-0.05, 0) is 60.7 Å². The third-order valence-electron chi connectivity index (χ3n) is 7.28. The second-order valence-corrected chi connectivity index (χ2v) is 9.85. The first-order chi connectivity index (χ1) is 18.5. The van der Waals surface area contributed by atoms with Crippen molar-refractivity contribution in [2.45, 2.75) is 57.8 Å². The highest BCUT2D eigenvalue weighted by molar-refractivity contribution is 5.89. The van der Waals surface area contributed by atoms with Crippen molar-refractivity contribution in [3.05, 3.63) is 89.5 Å². The number of hydrogen-bond donors (Lipinski definition) is 1. The van der Waals surface area contributed by atoms with Crippen molar-refractivity contribution < 1.29 is 14.3 Å². The standard InChI is InChI=1S/C30H33N5O3/c1-21-9-3-6-12-25(21)29(30(37)31-23-10-4-5-11-23)34(19-22-15-17-24(38-2)18-16-22)28(36)20-35-27-14-8-7-13-26(27)32-33-35/h3,6-9,12-18,23,29H,4-5,10-11,19-20H2,1-2H3,(H,31,37)/t29-/m0/s1. The molecule has 0 spiro atoms. The molecular formula is C30H33N5O3. The minimum absolute atomic E-state index is 0.0320. The van der Waals surface area contributed by atoms with Crippen LogP contribution in [0.4, 0.5) is 0 Å². The molecule has 1 heterocycles. The Hall–Kier alpha value is -4.20. The van der Waals surface area contributed by atoms with Gasteiger partial charge in [0, 0.05) is 12.6 Å². The highest BCUT2D eigenvalue weighted by atomic mass is 16.5. The van der Waals surface area contributed by atoms with Crippen LogP contribution >= 0.6 is 0 Å². The van der Waals surface area contributed by atoms with Gasteiger partial charge in [-0.15, -0.1) is 5.10 Å². The molecule has 1 saturated carbocycles.